The van der Waals surface area contributed by atoms with E-state index in [-0.39, 0.29) is 36.1 Å². The maximum absolute atomic E-state index is 12.9. The summed E-state index contributed by atoms with van der Waals surface area (Å²) in [5, 5.41) is 3.55. The molecule has 26 heavy (non-hydrogen) atoms. The number of fused-ring (bicyclic) bond motifs is 1. The van der Waals surface area contributed by atoms with Crippen molar-refractivity contribution < 1.29 is 14.4 Å². The van der Waals surface area contributed by atoms with Gasteiger partial charge in [0.05, 0.1) is 17.5 Å². The minimum atomic E-state index is -0.282. The lowest BCUT2D eigenvalue weighted by Gasteiger charge is -2.44. The molecule has 0 radical (unpaired) electrons. The Kier molecular flexibility index (Phi) is 3.94. The monoisotopic (exact) mass is 354 g/mol. The van der Waals surface area contributed by atoms with Gasteiger partial charge >= 0.3 is 0 Å². The molecule has 0 aliphatic carbocycles. The molecule has 1 unspecified atom stereocenters. The van der Waals surface area contributed by atoms with Crippen molar-refractivity contribution in [3.63, 3.8) is 0 Å². The molecule has 136 valence electrons. The Morgan fingerprint density at radius 2 is 1.88 bits per heavy atom. The number of nitrogens with one attached hydrogen (secondary N) is 1. The fraction of sp³-hybridized carbons (Fsp3) is 0.421. The van der Waals surface area contributed by atoms with Crippen LogP contribution in [0.4, 0.5) is 0 Å². The molecule has 4 rings (SSSR count). The van der Waals surface area contributed by atoms with Gasteiger partial charge in [0.1, 0.15) is 0 Å². The summed E-state index contributed by atoms with van der Waals surface area (Å²) in [4.78, 5) is 40.4. The third-order valence-electron chi connectivity index (χ3n) is 5.49. The molecule has 1 N–H and O–H groups in total. The van der Waals surface area contributed by atoms with Crippen LogP contribution in [0.25, 0.3) is 10.9 Å². The number of para-hydroxylation sites is 1. The van der Waals surface area contributed by atoms with Gasteiger partial charge in [-0.25, -0.2) is 0 Å². The van der Waals surface area contributed by atoms with Crippen LogP contribution >= 0.6 is 0 Å². The number of hydrogen-bond donors (Lipinski definition) is 1. The summed E-state index contributed by atoms with van der Waals surface area (Å²) in [6.07, 6.45) is 2.12. The Balaban J connectivity index is 1.44. The van der Waals surface area contributed by atoms with Crippen molar-refractivity contribution in [2.45, 2.75) is 12.5 Å². The number of aromatic nitrogens is 1. The number of nitrogens with zero attached hydrogens (tertiary/aromatic N) is 3. The fourth-order valence-corrected chi connectivity index (χ4v) is 3.97. The minimum absolute atomic E-state index is 0.000796. The first kappa shape index (κ1) is 16.6. The molecular formula is C19H22N4O3. The van der Waals surface area contributed by atoms with E-state index in [4.69, 9.17) is 0 Å². The number of aryl methyl sites for hydroxylation is 1. The molecule has 0 spiro atoms. The summed E-state index contributed by atoms with van der Waals surface area (Å²) >= 11 is 0. The minimum Gasteiger partial charge on any atom is -0.359 e. The fourth-order valence-electron chi connectivity index (χ4n) is 3.97. The van der Waals surface area contributed by atoms with Gasteiger partial charge in [0.2, 0.25) is 11.8 Å². The van der Waals surface area contributed by atoms with Crippen LogP contribution in [0.3, 0.4) is 0 Å². The Hall–Kier alpha value is -2.83. The summed E-state index contributed by atoms with van der Waals surface area (Å²) < 4.78 is 1.96. The number of rotatable bonds is 3. The van der Waals surface area contributed by atoms with Gasteiger partial charge in [-0.2, -0.15) is 0 Å². The van der Waals surface area contributed by atoms with Crippen LogP contribution in [0.1, 0.15) is 16.8 Å². The molecular weight excluding hydrogens is 332 g/mol. The normalized spacial score (nSPS) is 20.5. The topological polar surface area (TPSA) is 74.7 Å². The first-order valence-corrected chi connectivity index (χ1v) is 8.84. The van der Waals surface area contributed by atoms with Gasteiger partial charge < -0.3 is 19.7 Å². The van der Waals surface area contributed by atoms with E-state index in [9.17, 15) is 14.4 Å². The standard InChI is InChI=1S/C19H22N4O3/c1-20-18(25)12-7-17(24)23(8-12)13-9-22(10-13)19(26)15-11-21(2)16-6-4-3-5-14(15)16/h3-6,11-13H,7-10H2,1-2H3,(H,20,25). The van der Waals surface area contributed by atoms with E-state index in [0.29, 0.717) is 25.2 Å². The molecule has 1 aromatic heterocycles. The number of likely N-dealkylation sites (tertiary alicyclic amines) is 2. The van der Waals surface area contributed by atoms with E-state index < -0.39 is 0 Å². The quantitative estimate of drug-likeness (QED) is 0.877. The Labute approximate surface area is 151 Å². The number of amides is 3. The zero-order chi connectivity index (χ0) is 18.4. The zero-order valence-corrected chi connectivity index (χ0v) is 14.9. The highest BCUT2D eigenvalue weighted by molar-refractivity contribution is 6.07. The highest BCUT2D eigenvalue weighted by Crippen LogP contribution is 2.28. The first-order valence-electron chi connectivity index (χ1n) is 8.84. The molecule has 2 aromatic rings. The molecule has 0 bridgehead atoms. The summed E-state index contributed by atoms with van der Waals surface area (Å²) in [5.41, 5.74) is 1.72. The van der Waals surface area contributed by atoms with Crippen molar-refractivity contribution in [1.29, 1.82) is 0 Å². The lowest BCUT2D eigenvalue weighted by Crippen LogP contribution is -2.61. The molecule has 3 amide bonds. The summed E-state index contributed by atoms with van der Waals surface area (Å²) in [5.74, 6) is -0.382. The van der Waals surface area contributed by atoms with Crippen LogP contribution in [0.5, 0.6) is 0 Å². The van der Waals surface area contributed by atoms with Gasteiger partial charge in [-0.3, -0.25) is 14.4 Å². The van der Waals surface area contributed by atoms with Crippen LogP contribution in [-0.2, 0) is 16.6 Å². The SMILES string of the molecule is CNC(=O)C1CC(=O)N(C2CN(C(=O)c3cn(C)c4ccccc34)C2)C1. The van der Waals surface area contributed by atoms with Gasteiger partial charge in [-0.1, -0.05) is 18.2 Å². The maximum atomic E-state index is 12.9. The molecule has 2 saturated heterocycles. The van der Waals surface area contributed by atoms with Gasteiger partial charge in [-0.15, -0.1) is 0 Å². The molecule has 7 nitrogen and oxygen atoms in total. The Morgan fingerprint density at radius 1 is 1.15 bits per heavy atom. The van der Waals surface area contributed by atoms with E-state index in [1.165, 1.54) is 0 Å². The summed E-state index contributed by atoms with van der Waals surface area (Å²) in [6, 6.07) is 7.85. The van der Waals surface area contributed by atoms with E-state index >= 15 is 0 Å². The third-order valence-corrected chi connectivity index (χ3v) is 5.49. The van der Waals surface area contributed by atoms with E-state index in [1.807, 2.05) is 42.1 Å². The average molecular weight is 354 g/mol. The van der Waals surface area contributed by atoms with Crippen molar-refractivity contribution in [2.75, 3.05) is 26.7 Å². The van der Waals surface area contributed by atoms with Crippen molar-refractivity contribution in [3.8, 4) is 0 Å². The third kappa shape index (κ3) is 2.55. The van der Waals surface area contributed by atoms with E-state index in [1.54, 1.807) is 16.8 Å². The Morgan fingerprint density at radius 3 is 2.62 bits per heavy atom. The van der Waals surface area contributed by atoms with E-state index in [2.05, 4.69) is 5.32 Å². The van der Waals surface area contributed by atoms with Crippen molar-refractivity contribution in [2.24, 2.45) is 13.0 Å². The van der Waals surface area contributed by atoms with Crippen LogP contribution in [0.2, 0.25) is 0 Å². The average Bonchev–Trinajstić information content (AvgIpc) is 3.14. The smallest absolute Gasteiger partial charge is 0.256 e. The molecule has 2 aliphatic heterocycles. The molecule has 0 saturated carbocycles. The number of hydrogen-bond acceptors (Lipinski definition) is 3. The summed E-state index contributed by atoms with van der Waals surface area (Å²) in [6.45, 7) is 1.49. The van der Waals surface area contributed by atoms with Gasteiger partial charge in [0.25, 0.3) is 5.91 Å². The van der Waals surface area contributed by atoms with Gasteiger partial charge in [0.15, 0.2) is 0 Å². The lowest BCUT2D eigenvalue weighted by atomic mass is 10.0. The highest BCUT2D eigenvalue weighted by atomic mass is 16.2. The van der Waals surface area contributed by atoms with E-state index in [0.717, 1.165) is 10.9 Å². The molecule has 1 atom stereocenters. The molecule has 2 fully saturated rings. The van der Waals surface area contributed by atoms with Crippen LogP contribution < -0.4 is 5.32 Å². The van der Waals surface area contributed by atoms with Crippen molar-refractivity contribution in [3.05, 3.63) is 36.0 Å². The maximum Gasteiger partial charge on any atom is 0.256 e. The van der Waals surface area contributed by atoms with Crippen molar-refractivity contribution >= 4 is 28.6 Å². The highest BCUT2D eigenvalue weighted by Gasteiger charge is 2.43. The predicted molar refractivity (Wildman–Crippen MR) is 96.5 cm³/mol. The number of carbonyl (C=O) groups excluding carboxylic acids is 3. The van der Waals surface area contributed by atoms with Crippen LogP contribution in [0, 0.1) is 5.92 Å². The second-order valence-corrected chi connectivity index (χ2v) is 7.10. The van der Waals surface area contributed by atoms with Gasteiger partial charge in [-0.05, 0) is 6.07 Å². The zero-order valence-electron chi connectivity index (χ0n) is 14.9. The summed E-state index contributed by atoms with van der Waals surface area (Å²) in [7, 11) is 3.52. The first-order chi connectivity index (χ1) is 12.5. The number of carbonyl (C=O) groups is 3. The van der Waals surface area contributed by atoms with Crippen molar-refractivity contribution in [1.82, 2.24) is 19.7 Å². The second kappa shape index (κ2) is 6.16. The second-order valence-electron chi connectivity index (χ2n) is 7.10. The van der Waals surface area contributed by atoms with Crippen LogP contribution in [0.15, 0.2) is 30.5 Å². The molecule has 7 heteroatoms. The predicted octanol–water partition coefficient (Wildman–Crippen LogP) is 0.597. The van der Waals surface area contributed by atoms with Crippen LogP contribution in [-0.4, -0.2) is 64.8 Å². The number of benzene rings is 1. The molecule has 3 heterocycles. The van der Waals surface area contributed by atoms with Gasteiger partial charge in [0, 0.05) is 57.3 Å². The lowest BCUT2D eigenvalue weighted by molar-refractivity contribution is -0.132. The Bertz CT molecular complexity index is 897. The largest absolute Gasteiger partial charge is 0.359 e. The molecule has 2 aliphatic rings. The molecule has 1 aromatic carbocycles.